The zero-order valence-electron chi connectivity index (χ0n) is 7.42. The van der Waals surface area contributed by atoms with Crippen LogP contribution >= 0.6 is 0 Å². The van der Waals surface area contributed by atoms with Crippen LogP contribution in [-0.4, -0.2) is 5.11 Å². The predicted octanol–water partition coefficient (Wildman–Crippen LogP) is 2.19. The highest BCUT2D eigenvalue weighted by molar-refractivity contribution is 5.29. The Morgan fingerprint density at radius 2 is 2.31 bits per heavy atom. The van der Waals surface area contributed by atoms with Crippen molar-refractivity contribution < 1.29 is 9.50 Å². The lowest BCUT2D eigenvalue weighted by atomic mass is 10.0. The van der Waals surface area contributed by atoms with Crippen LogP contribution in [0, 0.1) is 25.1 Å². The van der Waals surface area contributed by atoms with Crippen LogP contribution in [-0.2, 0) is 0 Å². The van der Waals surface area contributed by atoms with E-state index in [2.05, 4.69) is 5.92 Å². The number of aliphatic hydroxyl groups excluding tert-OH is 1. The first-order chi connectivity index (χ1) is 6.15. The molecule has 1 nitrogen and oxygen atoms in total. The number of benzene rings is 1. The van der Waals surface area contributed by atoms with Crippen LogP contribution in [0.4, 0.5) is 4.39 Å². The van der Waals surface area contributed by atoms with E-state index in [1.807, 2.05) is 6.92 Å². The molecule has 0 saturated heterocycles. The van der Waals surface area contributed by atoms with Gasteiger partial charge in [0.05, 0.1) is 6.10 Å². The maximum Gasteiger partial charge on any atom is 0.123 e. The normalized spacial score (nSPS) is 12.2. The van der Waals surface area contributed by atoms with E-state index in [-0.39, 0.29) is 12.2 Å². The quantitative estimate of drug-likeness (QED) is 0.688. The molecule has 2 heteroatoms. The van der Waals surface area contributed by atoms with Crippen LogP contribution in [0.2, 0.25) is 0 Å². The smallest absolute Gasteiger partial charge is 0.123 e. The van der Waals surface area contributed by atoms with Crippen molar-refractivity contribution in [3.05, 3.63) is 35.1 Å². The second kappa shape index (κ2) is 4.06. The van der Waals surface area contributed by atoms with E-state index in [1.54, 1.807) is 6.07 Å². The maximum atomic E-state index is 12.8. The Hall–Kier alpha value is -1.33. The van der Waals surface area contributed by atoms with Crippen molar-refractivity contribution in [3.63, 3.8) is 0 Å². The average Bonchev–Trinajstić information content (AvgIpc) is 2.09. The van der Waals surface area contributed by atoms with Gasteiger partial charge in [-0.15, -0.1) is 12.3 Å². The summed E-state index contributed by atoms with van der Waals surface area (Å²) in [6.07, 6.45) is 4.50. The summed E-state index contributed by atoms with van der Waals surface area (Å²) in [4.78, 5) is 0. The third kappa shape index (κ3) is 2.30. The van der Waals surface area contributed by atoms with Crippen LogP contribution in [0.5, 0.6) is 0 Å². The van der Waals surface area contributed by atoms with Gasteiger partial charge in [-0.05, 0) is 30.2 Å². The Labute approximate surface area is 77.2 Å². The number of aliphatic hydroxyl groups is 1. The topological polar surface area (TPSA) is 20.2 Å². The van der Waals surface area contributed by atoms with Gasteiger partial charge in [0.2, 0.25) is 0 Å². The van der Waals surface area contributed by atoms with E-state index in [9.17, 15) is 9.50 Å². The molecule has 0 aliphatic carbocycles. The molecule has 0 saturated carbocycles. The minimum Gasteiger partial charge on any atom is -0.387 e. The van der Waals surface area contributed by atoms with E-state index >= 15 is 0 Å². The van der Waals surface area contributed by atoms with Crippen LogP contribution < -0.4 is 0 Å². The highest BCUT2D eigenvalue weighted by atomic mass is 19.1. The first-order valence-corrected chi connectivity index (χ1v) is 4.02. The third-order valence-electron chi connectivity index (χ3n) is 1.91. The van der Waals surface area contributed by atoms with Crippen molar-refractivity contribution in [2.75, 3.05) is 0 Å². The first-order valence-electron chi connectivity index (χ1n) is 4.02. The van der Waals surface area contributed by atoms with Crippen molar-refractivity contribution in [3.8, 4) is 12.3 Å². The molecule has 1 aromatic carbocycles. The predicted molar refractivity (Wildman–Crippen MR) is 49.5 cm³/mol. The highest BCUT2D eigenvalue weighted by Crippen LogP contribution is 2.20. The van der Waals surface area contributed by atoms with Gasteiger partial charge in [-0.25, -0.2) is 4.39 Å². The number of aryl methyl sites for hydroxylation is 1. The summed E-state index contributed by atoms with van der Waals surface area (Å²) < 4.78 is 12.8. The molecule has 1 N–H and O–H groups in total. The molecule has 0 aromatic heterocycles. The minimum absolute atomic E-state index is 0.213. The van der Waals surface area contributed by atoms with Gasteiger partial charge in [-0.2, -0.15) is 0 Å². The van der Waals surface area contributed by atoms with Gasteiger partial charge in [0, 0.05) is 6.42 Å². The number of hydrogen-bond acceptors (Lipinski definition) is 1. The van der Waals surface area contributed by atoms with Gasteiger partial charge >= 0.3 is 0 Å². The molecule has 0 aliphatic rings. The summed E-state index contributed by atoms with van der Waals surface area (Å²) >= 11 is 0. The van der Waals surface area contributed by atoms with E-state index < -0.39 is 6.10 Å². The summed E-state index contributed by atoms with van der Waals surface area (Å²) in [7, 11) is 0. The second-order valence-corrected chi connectivity index (χ2v) is 2.92. The van der Waals surface area contributed by atoms with E-state index in [0.717, 1.165) is 5.56 Å². The highest BCUT2D eigenvalue weighted by Gasteiger charge is 2.09. The molecular formula is C11H11FO. The molecule has 0 radical (unpaired) electrons. The molecular weight excluding hydrogens is 167 g/mol. The molecule has 1 atom stereocenters. The third-order valence-corrected chi connectivity index (χ3v) is 1.91. The summed E-state index contributed by atoms with van der Waals surface area (Å²) in [5.74, 6) is 1.99. The molecule has 1 aromatic rings. The number of terminal acetylenes is 1. The summed E-state index contributed by atoms with van der Waals surface area (Å²) in [6.45, 7) is 1.81. The van der Waals surface area contributed by atoms with E-state index in [4.69, 9.17) is 6.42 Å². The van der Waals surface area contributed by atoms with Crippen LogP contribution in [0.25, 0.3) is 0 Å². The van der Waals surface area contributed by atoms with Crippen LogP contribution in [0.1, 0.15) is 23.7 Å². The van der Waals surface area contributed by atoms with Crippen molar-refractivity contribution in [2.24, 2.45) is 0 Å². The summed E-state index contributed by atoms with van der Waals surface area (Å²) in [5, 5.41) is 9.52. The maximum absolute atomic E-state index is 12.8. The van der Waals surface area contributed by atoms with E-state index in [1.165, 1.54) is 12.1 Å². The Morgan fingerprint density at radius 1 is 1.62 bits per heavy atom. The van der Waals surface area contributed by atoms with Gasteiger partial charge in [0.15, 0.2) is 0 Å². The molecule has 0 amide bonds. The zero-order valence-corrected chi connectivity index (χ0v) is 7.42. The van der Waals surface area contributed by atoms with Gasteiger partial charge in [0.1, 0.15) is 5.82 Å². The fourth-order valence-electron chi connectivity index (χ4n) is 1.19. The van der Waals surface area contributed by atoms with Crippen molar-refractivity contribution >= 4 is 0 Å². The minimum atomic E-state index is -0.763. The molecule has 0 spiro atoms. The largest absolute Gasteiger partial charge is 0.387 e. The molecule has 68 valence electrons. The molecule has 0 aliphatic heterocycles. The van der Waals surface area contributed by atoms with Crippen molar-refractivity contribution in [1.82, 2.24) is 0 Å². The van der Waals surface area contributed by atoms with Gasteiger partial charge in [-0.1, -0.05) is 6.07 Å². The lowest BCUT2D eigenvalue weighted by Crippen LogP contribution is -1.99. The second-order valence-electron chi connectivity index (χ2n) is 2.92. The number of halogens is 1. The van der Waals surface area contributed by atoms with Crippen molar-refractivity contribution in [1.29, 1.82) is 0 Å². The van der Waals surface area contributed by atoms with Crippen LogP contribution in [0.3, 0.4) is 0 Å². The monoisotopic (exact) mass is 178 g/mol. The Balaban J connectivity index is 3.00. The standard InChI is InChI=1S/C11H11FO/c1-3-4-11(13)10-7-9(12)6-5-8(10)2/h1,5-7,11,13H,4H2,2H3. The molecule has 13 heavy (non-hydrogen) atoms. The lowest BCUT2D eigenvalue weighted by Gasteiger charge is -2.10. The average molecular weight is 178 g/mol. The van der Waals surface area contributed by atoms with Gasteiger partial charge < -0.3 is 5.11 Å². The molecule has 0 bridgehead atoms. The Morgan fingerprint density at radius 3 is 2.92 bits per heavy atom. The fourth-order valence-corrected chi connectivity index (χ4v) is 1.19. The lowest BCUT2D eigenvalue weighted by molar-refractivity contribution is 0.183. The van der Waals surface area contributed by atoms with Gasteiger partial charge in [0.25, 0.3) is 0 Å². The Kier molecular flexibility index (Phi) is 3.05. The number of hydrogen-bond donors (Lipinski definition) is 1. The van der Waals surface area contributed by atoms with Gasteiger partial charge in [-0.3, -0.25) is 0 Å². The zero-order chi connectivity index (χ0) is 9.84. The molecule has 0 fully saturated rings. The molecule has 1 rings (SSSR count). The first kappa shape index (κ1) is 9.76. The summed E-state index contributed by atoms with van der Waals surface area (Å²) in [6, 6.07) is 4.31. The number of rotatable bonds is 2. The summed E-state index contributed by atoms with van der Waals surface area (Å²) in [5.41, 5.74) is 1.42. The Bertz CT molecular complexity index is 338. The molecule has 0 heterocycles. The van der Waals surface area contributed by atoms with Crippen molar-refractivity contribution in [2.45, 2.75) is 19.4 Å². The van der Waals surface area contributed by atoms with Crippen LogP contribution in [0.15, 0.2) is 18.2 Å². The molecule has 1 unspecified atom stereocenters. The van der Waals surface area contributed by atoms with E-state index in [0.29, 0.717) is 5.56 Å². The fraction of sp³-hybridized carbons (Fsp3) is 0.273. The SMILES string of the molecule is C#CCC(O)c1cc(F)ccc1C.